The van der Waals surface area contributed by atoms with Crippen LogP contribution in [-0.4, -0.2) is 43.2 Å². The number of alkyl halides is 2. The number of carbonyl (C=O) groups is 1. The maximum Gasteiger partial charge on any atom is 0.361 e. The van der Waals surface area contributed by atoms with E-state index in [2.05, 4.69) is 20.9 Å². The molecule has 0 bridgehead atoms. The van der Waals surface area contributed by atoms with Crippen molar-refractivity contribution >= 4 is 74.2 Å². The zero-order valence-corrected chi connectivity index (χ0v) is 29.2. The largest absolute Gasteiger partial charge is 0.465 e. The lowest BCUT2D eigenvalue weighted by molar-refractivity contribution is -0.144. The van der Waals surface area contributed by atoms with Gasteiger partial charge in [0.2, 0.25) is 0 Å². The molecule has 246 valence electrons. The van der Waals surface area contributed by atoms with Crippen LogP contribution in [0.5, 0.6) is 0 Å². The van der Waals surface area contributed by atoms with E-state index in [0.29, 0.717) is 22.6 Å². The van der Waals surface area contributed by atoms with Crippen LogP contribution in [0.3, 0.4) is 0 Å². The number of hydrogen-bond acceptors (Lipinski definition) is 8. The summed E-state index contributed by atoms with van der Waals surface area (Å²) in [6.07, 6.45) is 2.54. The molecule has 0 amide bonds. The van der Waals surface area contributed by atoms with Gasteiger partial charge in [-0.05, 0) is 67.9 Å². The van der Waals surface area contributed by atoms with E-state index in [-0.39, 0.29) is 38.6 Å². The van der Waals surface area contributed by atoms with Crippen molar-refractivity contribution in [1.29, 1.82) is 0 Å². The Kier molecular flexibility index (Phi) is 11.0. The smallest absolute Gasteiger partial charge is 0.361 e. The van der Waals surface area contributed by atoms with Crippen LogP contribution in [0, 0.1) is 0 Å². The molecule has 0 aliphatic heterocycles. The van der Waals surface area contributed by atoms with Crippen LogP contribution in [0.1, 0.15) is 25.0 Å². The summed E-state index contributed by atoms with van der Waals surface area (Å²) in [5.41, 5.74) is -3.59. The first-order valence-corrected chi connectivity index (χ1v) is 18.5. The molecule has 0 saturated heterocycles. The van der Waals surface area contributed by atoms with Crippen molar-refractivity contribution in [2.45, 2.75) is 37.0 Å². The molecule has 46 heavy (non-hydrogen) atoms. The average Bonchev–Trinajstić information content (AvgIpc) is 3.47. The van der Waals surface area contributed by atoms with Gasteiger partial charge in [-0.3, -0.25) is 14.3 Å². The minimum atomic E-state index is -5.48. The van der Waals surface area contributed by atoms with Gasteiger partial charge in [-0.1, -0.05) is 51.3 Å². The monoisotopic (exact) mass is 779 g/mol. The van der Waals surface area contributed by atoms with E-state index in [0.717, 1.165) is 19.2 Å². The van der Waals surface area contributed by atoms with Crippen LogP contribution in [0.25, 0.3) is 11.3 Å². The number of sulfone groups is 1. The second-order valence-corrected chi connectivity index (χ2v) is 15.7. The fourth-order valence-electron chi connectivity index (χ4n) is 4.22. The average molecular weight is 781 g/mol. The topological polar surface area (TPSA) is 139 Å². The Balaban J connectivity index is 1.66. The molecule has 4 aromatic rings. The van der Waals surface area contributed by atoms with E-state index in [9.17, 15) is 22.7 Å². The molecule has 0 saturated carbocycles. The lowest BCUT2D eigenvalue weighted by atomic mass is 10.1. The van der Waals surface area contributed by atoms with E-state index in [1.165, 1.54) is 37.4 Å². The molecular formula is C29H27BrCl2F2N3O7PS. The molecule has 4 rings (SSSR count). The second kappa shape index (κ2) is 14.1. The third-order valence-corrected chi connectivity index (χ3v) is 10.9. The predicted molar refractivity (Wildman–Crippen MR) is 174 cm³/mol. The molecule has 0 radical (unpaired) electrons. The molecular weight excluding hydrogens is 754 g/mol. The number of aromatic nitrogens is 1. The van der Waals surface area contributed by atoms with E-state index in [1.807, 2.05) is 5.09 Å². The maximum absolute atomic E-state index is 15.4. The number of oxazole rings is 1. The highest BCUT2D eigenvalue weighted by Crippen LogP contribution is 2.61. The molecule has 0 aliphatic rings. The van der Waals surface area contributed by atoms with Crippen molar-refractivity contribution in [3.05, 3.63) is 92.5 Å². The summed E-state index contributed by atoms with van der Waals surface area (Å²) >= 11 is 15.5. The fraction of sp³-hybridized carbons (Fsp3) is 0.241. The van der Waals surface area contributed by atoms with Gasteiger partial charge in [0.1, 0.15) is 6.04 Å². The van der Waals surface area contributed by atoms with Crippen molar-refractivity contribution < 1.29 is 40.6 Å². The minimum absolute atomic E-state index is 0.00428. The lowest BCUT2D eigenvalue weighted by Gasteiger charge is -2.27. The van der Waals surface area contributed by atoms with E-state index >= 15 is 8.78 Å². The zero-order chi connectivity index (χ0) is 34.0. The van der Waals surface area contributed by atoms with Crippen molar-refractivity contribution in [3.63, 3.8) is 0 Å². The molecule has 17 heteroatoms. The predicted octanol–water partition coefficient (Wildman–Crippen LogP) is 7.93. The van der Waals surface area contributed by atoms with Gasteiger partial charge in [0.25, 0.3) is 0 Å². The SMILES string of the molecule is CCOC(=O)C(C)NP(=O)(O)C(F)(F)c1ccc(CN(c2ccc(Cl)c(Cl)c2)c2ncc(-c3ccc(S(C)(=O)=O)cc3)o2)cc1Br. The van der Waals surface area contributed by atoms with Crippen LogP contribution in [-0.2, 0) is 36.1 Å². The number of esters is 1. The Morgan fingerprint density at radius 3 is 2.41 bits per heavy atom. The first-order valence-electron chi connectivity index (χ1n) is 13.4. The molecule has 0 spiro atoms. The number of anilines is 2. The molecule has 2 atom stereocenters. The summed E-state index contributed by atoms with van der Waals surface area (Å²) in [4.78, 5) is 28.3. The number of halogens is 5. The summed E-state index contributed by atoms with van der Waals surface area (Å²) in [5.74, 6) is -0.635. The Morgan fingerprint density at radius 1 is 1.15 bits per heavy atom. The number of hydrogen-bond donors (Lipinski definition) is 2. The summed E-state index contributed by atoms with van der Waals surface area (Å²) in [5, 5.41) is 2.33. The molecule has 3 aromatic carbocycles. The molecule has 1 heterocycles. The number of carbonyl (C=O) groups excluding carboxylic acids is 1. The highest BCUT2D eigenvalue weighted by atomic mass is 79.9. The fourth-order valence-corrected chi connectivity index (χ4v) is 7.29. The van der Waals surface area contributed by atoms with Crippen LogP contribution < -0.4 is 9.99 Å². The lowest BCUT2D eigenvalue weighted by Crippen LogP contribution is -2.37. The Labute approximate surface area is 282 Å². The van der Waals surface area contributed by atoms with Gasteiger partial charge in [-0.2, -0.15) is 8.78 Å². The van der Waals surface area contributed by atoms with E-state index < -0.39 is 40.6 Å². The number of ether oxygens (including phenoxy) is 1. The number of benzene rings is 3. The van der Waals surface area contributed by atoms with Gasteiger partial charge < -0.3 is 14.0 Å². The van der Waals surface area contributed by atoms with Gasteiger partial charge in [-0.25, -0.2) is 18.5 Å². The standard InChI is InChI=1S/C29H27BrCl2F2N3O7PS/c1-4-43-27(38)17(2)36-45(39,40)29(33,34)22-11-5-18(13-23(22)30)16-37(20-8-12-24(31)25(32)14-20)28-35-15-26(44-28)19-6-9-21(10-7-19)46(3,41)42/h5-15,17H,4,16H2,1-3H3,(H2,36,39,40). The summed E-state index contributed by atoms with van der Waals surface area (Å²) in [6, 6.07) is 13.1. The van der Waals surface area contributed by atoms with Crippen molar-refractivity contribution in [3.8, 4) is 11.3 Å². The third-order valence-electron chi connectivity index (χ3n) is 6.59. The van der Waals surface area contributed by atoms with Crippen LogP contribution in [0.15, 0.2) is 80.6 Å². The van der Waals surface area contributed by atoms with Gasteiger partial charge in [0, 0.05) is 27.5 Å². The van der Waals surface area contributed by atoms with Crippen LogP contribution in [0.4, 0.5) is 20.5 Å². The summed E-state index contributed by atoms with van der Waals surface area (Å²) < 4.78 is 77.8. The normalized spacial score (nSPS) is 14.0. The number of rotatable bonds is 12. The molecule has 0 fully saturated rings. The van der Waals surface area contributed by atoms with Gasteiger partial charge in [0.15, 0.2) is 15.6 Å². The highest BCUT2D eigenvalue weighted by molar-refractivity contribution is 9.10. The second-order valence-electron chi connectivity index (χ2n) is 10.0. The van der Waals surface area contributed by atoms with Crippen molar-refractivity contribution in [2.75, 3.05) is 17.8 Å². The maximum atomic E-state index is 15.4. The first kappa shape index (κ1) is 36.0. The zero-order valence-electron chi connectivity index (χ0n) is 24.4. The number of nitrogens with one attached hydrogen (secondary N) is 1. The molecule has 1 aromatic heterocycles. The van der Waals surface area contributed by atoms with Crippen LogP contribution >= 0.6 is 46.7 Å². The first-order chi connectivity index (χ1) is 21.4. The molecule has 2 N–H and O–H groups in total. The molecule has 2 unspecified atom stereocenters. The Hall–Kier alpha value is -2.84. The summed E-state index contributed by atoms with van der Waals surface area (Å²) in [6.45, 7) is 2.63. The molecule has 10 nitrogen and oxygen atoms in total. The quantitative estimate of drug-likeness (QED) is 0.108. The minimum Gasteiger partial charge on any atom is -0.465 e. The highest BCUT2D eigenvalue weighted by Gasteiger charge is 2.53. The Morgan fingerprint density at radius 2 is 1.83 bits per heavy atom. The van der Waals surface area contributed by atoms with Gasteiger partial charge in [-0.15, -0.1) is 0 Å². The van der Waals surface area contributed by atoms with Gasteiger partial charge >= 0.3 is 25.2 Å². The van der Waals surface area contributed by atoms with Crippen molar-refractivity contribution in [1.82, 2.24) is 10.1 Å². The van der Waals surface area contributed by atoms with E-state index in [4.69, 9.17) is 32.4 Å². The molecule has 0 aliphatic carbocycles. The van der Waals surface area contributed by atoms with Crippen LogP contribution in [0.2, 0.25) is 10.0 Å². The summed E-state index contributed by atoms with van der Waals surface area (Å²) in [7, 11) is -8.88. The van der Waals surface area contributed by atoms with E-state index in [1.54, 1.807) is 35.2 Å². The Bertz CT molecular complexity index is 1910. The van der Waals surface area contributed by atoms with Crippen molar-refractivity contribution in [2.24, 2.45) is 0 Å². The third kappa shape index (κ3) is 7.99. The number of nitrogens with zero attached hydrogens (tertiary/aromatic N) is 2. The van der Waals surface area contributed by atoms with Gasteiger partial charge in [0.05, 0.1) is 34.3 Å².